The van der Waals surface area contributed by atoms with Crippen LogP contribution in [0.5, 0.6) is 17.2 Å². The van der Waals surface area contributed by atoms with E-state index in [4.69, 9.17) is 14.2 Å². The van der Waals surface area contributed by atoms with E-state index in [-0.39, 0.29) is 17.3 Å². The maximum atomic E-state index is 12.3. The minimum Gasteiger partial charge on any atom is -0.493 e. The fourth-order valence-corrected chi connectivity index (χ4v) is 2.44. The van der Waals surface area contributed by atoms with Crippen molar-refractivity contribution in [3.8, 4) is 17.2 Å². The number of carbonyl (C=O) groups excluding carboxylic acids is 1. The van der Waals surface area contributed by atoms with E-state index in [1.165, 1.54) is 38.5 Å². The second-order valence-electron chi connectivity index (χ2n) is 5.36. The number of carbonyl (C=O) groups is 1. The fraction of sp³-hybridized carbons (Fsp3) is 0.158. The summed E-state index contributed by atoms with van der Waals surface area (Å²) in [6.45, 7) is -2.95. The second kappa shape index (κ2) is 7.86. The zero-order valence-electron chi connectivity index (χ0n) is 14.4. The number of hydrogen-bond donors (Lipinski definition) is 0. The zero-order valence-corrected chi connectivity index (χ0v) is 14.4. The molecule has 0 fully saturated rings. The number of alkyl halides is 2. The van der Waals surface area contributed by atoms with E-state index in [1.54, 1.807) is 24.3 Å². The number of aliphatic imine (C=N–C) groups is 1. The van der Waals surface area contributed by atoms with Gasteiger partial charge >= 0.3 is 12.6 Å². The minimum atomic E-state index is -2.95. The van der Waals surface area contributed by atoms with Crippen molar-refractivity contribution in [2.24, 2.45) is 4.99 Å². The molecular formula is C19H15F2NO5. The molecule has 3 rings (SSSR count). The van der Waals surface area contributed by atoms with Crippen molar-refractivity contribution < 1.29 is 32.5 Å². The van der Waals surface area contributed by atoms with E-state index < -0.39 is 12.6 Å². The summed E-state index contributed by atoms with van der Waals surface area (Å²) in [5.74, 6) is 0.345. The molecule has 0 saturated carbocycles. The molecule has 140 valence electrons. The van der Waals surface area contributed by atoms with Crippen molar-refractivity contribution in [3.05, 3.63) is 59.3 Å². The Labute approximate surface area is 153 Å². The molecule has 0 radical (unpaired) electrons. The number of cyclic esters (lactones) is 1. The lowest BCUT2D eigenvalue weighted by Gasteiger charge is -2.07. The van der Waals surface area contributed by atoms with Gasteiger partial charge in [-0.15, -0.1) is 0 Å². The molecule has 1 aliphatic rings. The third-order valence-corrected chi connectivity index (χ3v) is 3.64. The summed E-state index contributed by atoms with van der Waals surface area (Å²) < 4.78 is 44.6. The quantitative estimate of drug-likeness (QED) is 0.570. The first kappa shape index (κ1) is 18.4. The van der Waals surface area contributed by atoms with Crippen molar-refractivity contribution in [1.29, 1.82) is 0 Å². The van der Waals surface area contributed by atoms with Crippen molar-refractivity contribution in [1.82, 2.24) is 0 Å². The highest BCUT2D eigenvalue weighted by Gasteiger charge is 2.24. The van der Waals surface area contributed by atoms with Gasteiger partial charge in [0.15, 0.2) is 17.2 Å². The lowest BCUT2D eigenvalue weighted by atomic mass is 10.1. The average Bonchev–Trinajstić information content (AvgIpc) is 3.02. The summed E-state index contributed by atoms with van der Waals surface area (Å²) in [4.78, 5) is 16.2. The summed E-state index contributed by atoms with van der Waals surface area (Å²) >= 11 is 0. The van der Waals surface area contributed by atoms with Gasteiger partial charge in [-0.1, -0.05) is 12.1 Å². The number of methoxy groups -OCH3 is 2. The Balaban J connectivity index is 1.89. The SMILES string of the molecule is COc1ccc(/C=C2/N=C(c3cccc(OC(F)F)c3)OC2=O)cc1OC. The monoisotopic (exact) mass is 375 g/mol. The van der Waals surface area contributed by atoms with Crippen molar-refractivity contribution in [2.45, 2.75) is 6.61 Å². The molecular weight excluding hydrogens is 360 g/mol. The second-order valence-corrected chi connectivity index (χ2v) is 5.36. The van der Waals surface area contributed by atoms with Crippen LogP contribution in [0.25, 0.3) is 6.08 Å². The maximum Gasteiger partial charge on any atom is 0.387 e. The number of hydrogen-bond acceptors (Lipinski definition) is 6. The lowest BCUT2D eigenvalue weighted by molar-refractivity contribution is -0.129. The van der Waals surface area contributed by atoms with Crippen molar-refractivity contribution in [3.63, 3.8) is 0 Å². The van der Waals surface area contributed by atoms with E-state index in [0.717, 1.165) is 0 Å². The summed E-state index contributed by atoms with van der Waals surface area (Å²) in [6.07, 6.45) is 1.52. The Morgan fingerprint density at radius 1 is 1.07 bits per heavy atom. The summed E-state index contributed by atoms with van der Waals surface area (Å²) in [6, 6.07) is 10.9. The predicted octanol–water partition coefficient (Wildman–Crippen LogP) is 3.65. The highest BCUT2D eigenvalue weighted by molar-refractivity contribution is 6.13. The zero-order chi connectivity index (χ0) is 19.4. The van der Waals surface area contributed by atoms with Gasteiger partial charge in [-0.25, -0.2) is 9.79 Å². The van der Waals surface area contributed by atoms with Crippen LogP contribution in [0.15, 0.2) is 53.2 Å². The number of nitrogens with zero attached hydrogens (tertiary/aromatic N) is 1. The van der Waals surface area contributed by atoms with E-state index in [1.807, 2.05) is 0 Å². The van der Waals surface area contributed by atoms with Crippen LogP contribution in [0.1, 0.15) is 11.1 Å². The van der Waals surface area contributed by atoms with E-state index in [0.29, 0.717) is 22.6 Å². The molecule has 1 heterocycles. The van der Waals surface area contributed by atoms with Crippen molar-refractivity contribution >= 4 is 17.9 Å². The average molecular weight is 375 g/mol. The van der Waals surface area contributed by atoms with Gasteiger partial charge in [0.1, 0.15) is 5.75 Å². The van der Waals surface area contributed by atoms with E-state index >= 15 is 0 Å². The summed E-state index contributed by atoms with van der Waals surface area (Å²) in [5.41, 5.74) is 1.06. The summed E-state index contributed by atoms with van der Waals surface area (Å²) in [7, 11) is 3.02. The van der Waals surface area contributed by atoms with Crippen molar-refractivity contribution in [2.75, 3.05) is 14.2 Å². The van der Waals surface area contributed by atoms with Gasteiger partial charge in [0.2, 0.25) is 5.90 Å². The van der Waals surface area contributed by atoms with Gasteiger partial charge < -0.3 is 18.9 Å². The molecule has 1 aliphatic heterocycles. The number of benzene rings is 2. The largest absolute Gasteiger partial charge is 0.493 e. The first-order valence-electron chi connectivity index (χ1n) is 7.80. The smallest absolute Gasteiger partial charge is 0.387 e. The van der Waals surface area contributed by atoms with Gasteiger partial charge in [-0.3, -0.25) is 0 Å². The molecule has 0 bridgehead atoms. The Hall–Kier alpha value is -3.42. The Morgan fingerprint density at radius 3 is 2.56 bits per heavy atom. The van der Waals surface area contributed by atoms with Crippen LogP contribution in [0.3, 0.4) is 0 Å². The summed E-state index contributed by atoms with van der Waals surface area (Å²) in [5, 5.41) is 0. The van der Waals surface area contributed by atoms with E-state index in [2.05, 4.69) is 9.73 Å². The highest BCUT2D eigenvalue weighted by atomic mass is 19.3. The molecule has 0 spiro atoms. The van der Waals surface area contributed by atoms with Gasteiger partial charge in [-0.05, 0) is 42.0 Å². The molecule has 2 aromatic carbocycles. The van der Waals surface area contributed by atoms with Crippen LogP contribution in [0, 0.1) is 0 Å². The minimum absolute atomic E-state index is 0.00597. The fourth-order valence-electron chi connectivity index (χ4n) is 2.44. The molecule has 27 heavy (non-hydrogen) atoms. The van der Waals surface area contributed by atoms with Crippen LogP contribution < -0.4 is 14.2 Å². The number of esters is 1. The van der Waals surface area contributed by atoms with Crippen LogP contribution in [0.4, 0.5) is 8.78 Å². The number of rotatable bonds is 6. The molecule has 8 heteroatoms. The number of halogens is 2. The first-order valence-corrected chi connectivity index (χ1v) is 7.80. The molecule has 2 aromatic rings. The molecule has 0 saturated heterocycles. The van der Waals surface area contributed by atoms with Crippen LogP contribution in [-0.4, -0.2) is 32.7 Å². The first-order chi connectivity index (χ1) is 13.0. The molecule has 0 N–H and O–H groups in total. The third kappa shape index (κ3) is 4.22. The molecule has 0 aliphatic carbocycles. The third-order valence-electron chi connectivity index (χ3n) is 3.64. The van der Waals surface area contributed by atoms with Gasteiger partial charge in [-0.2, -0.15) is 8.78 Å². The Bertz CT molecular complexity index is 924. The molecule has 0 unspecified atom stereocenters. The standard InChI is InChI=1S/C19H15F2NO5/c1-24-15-7-6-11(9-16(15)25-2)8-14-18(23)27-17(22-14)12-4-3-5-13(10-12)26-19(20)21/h3-10,19H,1-2H3/b14-8+. The van der Waals surface area contributed by atoms with Crippen LogP contribution in [0.2, 0.25) is 0 Å². The normalized spacial score (nSPS) is 14.9. The van der Waals surface area contributed by atoms with Gasteiger partial charge in [0.05, 0.1) is 14.2 Å². The topological polar surface area (TPSA) is 66.3 Å². The Morgan fingerprint density at radius 2 is 1.85 bits per heavy atom. The molecule has 0 amide bonds. The number of ether oxygens (including phenoxy) is 4. The predicted molar refractivity (Wildman–Crippen MR) is 93.2 cm³/mol. The highest BCUT2D eigenvalue weighted by Crippen LogP contribution is 2.29. The van der Waals surface area contributed by atoms with Gasteiger partial charge in [0, 0.05) is 5.56 Å². The molecule has 6 nitrogen and oxygen atoms in total. The molecule has 0 aromatic heterocycles. The maximum absolute atomic E-state index is 12.3. The van der Waals surface area contributed by atoms with E-state index in [9.17, 15) is 13.6 Å². The van der Waals surface area contributed by atoms with Crippen LogP contribution in [-0.2, 0) is 9.53 Å². The Kier molecular flexibility index (Phi) is 5.35. The van der Waals surface area contributed by atoms with Crippen LogP contribution >= 0.6 is 0 Å². The lowest BCUT2D eigenvalue weighted by Crippen LogP contribution is -2.07. The molecule has 0 atom stereocenters. The van der Waals surface area contributed by atoms with Gasteiger partial charge in [0.25, 0.3) is 0 Å².